The smallest absolute Gasteiger partial charge is 0.319 e. The number of sulfonamides is 1. The fourth-order valence-electron chi connectivity index (χ4n) is 2.63. The van der Waals surface area contributed by atoms with E-state index in [1.54, 1.807) is 18.2 Å². The zero-order valence-electron chi connectivity index (χ0n) is 12.6. The maximum absolute atomic E-state index is 12.1. The minimum Gasteiger partial charge on any atom is -0.334 e. The van der Waals surface area contributed by atoms with E-state index in [0.717, 1.165) is 25.5 Å². The van der Waals surface area contributed by atoms with Crippen LogP contribution in [0.15, 0.2) is 18.2 Å². The Hall–Kier alpha value is -1.02. The molecule has 0 aliphatic heterocycles. The van der Waals surface area contributed by atoms with Crippen molar-refractivity contribution in [1.82, 2.24) is 10.0 Å². The summed E-state index contributed by atoms with van der Waals surface area (Å²) in [6.07, 6.45) is 4.42. The second-order valence-electron chi connectivity index (χ2n) is 5.61. The molecule has 0 heterocycles. The number of halogens is 2. The van der Waals surface area contributed by atoms with E-state index in [-0.39, 0.29) is 12.1 Å². The topological polar surface area (TPSA) is 87.3 Å². The molecule has 2 amide bonds. The highest BCUT2D eigenvalue weighted by Gasteiger charge is 2.28. The van der Waals surface area contributed by atoms with Crippen LogP contribution in [-0.4, -0.2) is 32.8 Å². The van der Waals surface area contributed by atoms with Crippen molar-refractivity contribution >= 4 is 44.9 Å². The molecule has 1 aromatic carbocycles. The van der Waals surface area contributed by atoms with E-state index < -0.39 is 16.1 Å². The van der Waals surface area contributed by atoms with Gasteiger partial charge in [0.05, 0.1) is 16.3 Å². The molecule has 0 bridgehead atoms. The number of nitrogens with one attached hydrogen (secondary N) is 3. The first-order valence-corrected chi connectivity index (χ1v) is 9.89. The normalized spacial score (nSPS) is 21.7. The Bertz CT molecular complexity index is 682. The number of hydrogen-bond donors (Lipinski definition) is 3. The van der Waals surface area contributed by atoms with Crippen molar-refractivity contribution in [3.8, 4) is 0 Å². The van der Waals surface area contributed by atoms with Crippen molar-refractivity contribution in [1.29, 1.82) is 0 Å². The van der Waals surface area contributed by atoms with Crippen LogP contribution in [0, 0.1) is 0 Å². The van der Waals surface area contributed by atoms with Gasteiger partial charge in [0.1, 0.15) is 0 Å². The fraction of sp³-hybridized carbons (Fsp3) is 0.500. The predicted octanol–water partition coefficient (Wildman–Crippen LogP) is 2.98. The van der Waals surface area contributed by atoms with Crippen molar-refractivity contribution in [2.45, 2.75) is 37.8 Å². The Morgan fingerprint density at radius 3 is 2.39 bits per heavy atom. The number of hydrogen-bond acceptors (Lipinski definition) is 3. The van der Waals surface area contributed by atoms with Crippen molar-refractivity contribution < 1.29 is 13.2 Å². The Morgan fingerprint density at radius 1 is 1.13 bits per heavy atom. The average molecular weight is 380 g/mol. The summed E-state index contributed by atoms with van der Waals surface area (Å²) in [4.78, 5) is 12.1. The van der Waals surface area contributed by atoms with Crippen LogP contribution in [-0.2, 0) is 10.0 Å². The largest absolute Gasteiger partial charge is 0.334 e. The molecule has 0 saturated heterocycles. The molecular weight excluding hydrogens is 361 g/mol. The predicted molar refractivity (Wildman–Crippen MR) is 92.6 cm³/mol. The maximum atomic E-state index is 12.1. The Labute approximate surface area is 146 Å². The Kier molecular flexibility index (Phi) is 6.13. The average Bonchev–Trinajstić information content (AvgIpc) is 2.43. The SMILES string of the molecule is CS(=O)(=O)N[C@@H]1CCCC[C@H]1NC(=O)Nc1ccc(Cl)c(Cl)c1. The van der Waals surface area contributed by atoms with E-state index in [0.29, 0.717) is 22.2 Å². The number of benzene rings is 1. The molecule has 1 saturated carbocycles. The third kappa shape index (κ3) is 5.84. The minimum atomic E-state index is -3.32. The van der Waals surface area contributed by atoms with Crippen LogP contribution in [0.4, 0.5) is 10.5 Å². The van der Waals surface area contributed by atoms with Gasteiger partial charge in [-0.1, -0.05) is 36.0 Å². The first kappa shape index (κ1) is 18.3. The zero-order valence-corrected chi connectivity index (χ0v) is 14.9. The lowest BCUT2D eigenvalue weighted by molar-refractivity contribution is 0.238. The summed E-state index contributed by atoms with van der Waals surface area (Å²) >= 11 is 11.7. The van der Waals surface area contributed by atoms with Gasteiger partial charge in [0.25, 0.3) is 0 Å². The second kappa shape index (κ2) is 7.70. The van der Waals surface area contributed by atoms with Gasteiger partial charge < -0.3 is 10.6 Å². The third-order valence-electron chi connectivity index (χ3n) is 3.63. The maximum Gasteiger partial charge on any atom is 0.319 e. The van der Waals surface area contributed by atoms with Crippen LogP contribution in [0.5, 0.6) is 0 Å². The molecule has 0 unspecified atom stereocenters. The van der Waals surface area contributed by atoms with Gasteiger partial charge in [-0.2, -0.15) is 0 Å². The van der Waals surface area contributed by atoms with Crippen molar-refractivity contribution in [3.63, 3.8) is 0 Å². The Morgan fingerprint density at radius 2 is 1.78 bits per heavy atom. The van der Waals surface area contributed by atoms with Gasteiger partial charge in [-0.25, -0.2) is 17.9 Å². The van der Waals surface area contributed by atoms with Gasteiger partial charge in [-0.05, 0) is 31.0 Å². The number of urea groups is 1. The minimum absolute atomic E-state index is 0.249. The molecule has 1 aromatic rings. The highest BCUT2D eigenvalue weighted by Crippen LogP contribution is 2.25. The molecule has 0 aromatic heterocycles. The van der Waals surface area contributed by atoms with E-state index in [2.05, 4.69) is 15.4 Å². The van der Waals surface area contributed by atoms with E-state index >= 15 is 0 Å². The number of amides is 2. The monoisotopic (exact) mass is 379 g/mol. The number of anilines is 1. The summed E-state index contributed by atoms with van der Waals surface area (Å²) in [6.45, 7) is 0. The van der Waals surface area contributed by atoms with Crippen molar-refractivity contribution in [2.75, 3.05) is 11.6 Å². The quantitative estimate of drug-likeness (QED) is 0.751. The molecule has 9 heteroatoms. The van der Waals surface area contributed by atoms with E-state index in [1.165, 1.54) is 0 Å². The van der Waals surface area contributed by atoms with Gasteiger partial charge in [0.15, 0.2) is 0 Å². The van der Waals surface area contributed by atoms with Crippen LogP contribution in [0.1, 0.15) is 25.7 Å². The van der Waals surface area contributed by atoms with Crippen molar-refractivity contribution in [2.24, 2.45) is 0 Å². The van der Waals surface area contributed by atoms with E-state index in [9.17, 15) is 13.2 Å². The number of rotatable bonds is 4. The molecule has 128 valence electrons. The molecule has 1 aliphatic rings. The van der Waals surface area contributed by atoms with Gasteiger partial charge in [-0.15, -0.1) is 0 Å². The molecule has 2 atom stereocenters. The molecular formula is C14H19Cl2N3O3S. The molecule has 6 nitrogen and oxygen atoms in total. The number of carbonyl (C=O) groups excluding carboxylic acids is 1. The van der Waals surface area contributed by atoms with Crippen LogP contribution >= 0.6 is 23.2 Å². The lowest BCUT2D eigenvalue weighted by Crippen LogP contribution is -2.53. The summed E-state index contributed by atoms with van der Waals surface area (Å²) in [5, 5.41) is 6.24. The third-order valence-corrected chi connectivity index (χ3v) is 5.10. The highest BCUT2D eigenvalue weighted by atomic mass is 35.5. The van der Waals surface area contributed by atoms with Crippen molar-refractivity contribution in [3.05, 3.63) is 28.2 Å². The summed E-state index contributed by atoms with van der Waals surface area (Å²) in [7, 11) is -3.32. The van der Waals surface area contributed by atoms with Crippen LogP contribution in [0.2, 0.25) is 10.0 Å². The lowest BCUT2D eigenvalue weighted by Gasteiger charge is -2.32. The molecule has 3 N–H and O–H groups in total. The summed E-state index contributed by atoms with van der Waals surface area (Å²) < 4.78 is 25.4. The van der Waals surface area contributed by atoms with Crippen LogP contribution < -0.4 is 15.4 Å². The Balaban J connectivity index is 1.98. The van der Waals surface area contributed by atoms with Crippen LogP contribution in [0.3, 0.4) is 0 Å². The first-order chi connectivity index (χ1) is 10.7. The van der Waals surface area contributed by atoms with Gasteiger partial charge in [0, 0.05) is 17.8 Å². The summed E-state index contributed by atoms with van der Waals surface area (Å²) in [5.41, 5.74) is 0.514. The molecule has 2 rings (SSSR count). The van der Waals surface area contributed by atoms with Gasteiger partial charge >= 0.3 is 6.03 Å². The zero-order chi connectivity index (χ0) is 17.0. The summed E-state index contributed by atoms with van der Waals surface area (Å²) in [6, 6.07) is 3.83. The van der Waals surface area contributed by atoms with Gasteiger partial charge in [-0.3, -0.25) is 0 Å². The number of carbonyl (C=O) groups is 1. The first-order valence-electron chi connectivity index (χ1n) is 7.24. The molecule has 1 aliphatic carbocycles. The molecule has 0 radical (unpaired) electrons. The molecule has 0 spiro atoms. The standard InChI is InChI=1S/C14H19Cl2N3O3S/c1-23(21,22)19-13-5-3-2-4-12(13)18-14(20)17-9-6-7-10(15)11(16)8-9/h6-8,12-13,19H,2-5H2,1H3,(H2,17,18,20)/t12-,13-/m1/s1. The molecule has 23 heavy (non-hydrogen) atoms. The fourth-order valence-corrected chi connectivity index (χ4v) is 3.76. The van der Waals surface area contributed by atoms with Gasteiger partial charge in [0.2, 0.25) is 10.0 Å². The second-order valence-corrected chi connectivity index (χ2v) is 8.21. The summed E-state index contributed by atoms with van der Waals surface area (Å²) in [5.74, 6) is 0. The lowest BCUT2D eigenvalue weighted by atomic mass is 9.91. The highest BCUT2D eigenvalue weighted by molar-refractivity contribution is 7.88. The van der Waals surface area contributed by atoms with E-state index in [4.69, 9.17) is 23.2 Å². The van der Waals surface area contributed by atoms with Crippen LogP contribution in [0.25, 0.3) is 0 Å². The molecule has 1 fully saturated rings. The van der Waals surface area contributed by atoms with E-state index in [1.807, 2.05) is 0 Å².